The number of anilines is 1. The van der Waals surface area contributed by atoms with Crippen molar-refractivity contribution in [1.82, 2.24) is 5.43 Å². The van der Waals surface area contributed by atoms with Crippen LogP contribution in [0.3, 0.4) is 0 Å². The maximum atomic E-state index is 12.8. The zero-order chi connectivity index (χ0) is 22.0. The standard InChI is InChI=1S/C24H18I2N2O3/c1-15-6-5-7-16(10-15)14-31-22-20(25)12-17(13-21(22)26)11-19-23(29)27-28(24(19)30)18-8-3-2-4-9-18/h2-13H,14H2,1H3,(H,27,29)/b19-11-. The van der Waals surface area contributed by atoms with Gasteiger partial charge in [-0.25, -0.2) is 5.01 Å². The minimum absolute atomic E-state index is 0.101. The summed E-state index contributed by atoms with van der Waals surface area (Å²) in [4.78, 5) is 25.2. The number of hydrazine groups is 1. The molecule has 0 spiro atoms. The second-order valence-electron chi connectivity index (χ2n) is 7.07. The summed E-state index contributed by atoms with van der Waals surface area (Å²) in [6.07, 6.45) is 1.62. The molecule has 1 aliphatic rings. The molecule has 1 N–H and O–H groups in total. The molecule has 1 fully saturated rings. The van der Waals surface area contributed by atoms with Crippen molar-refractivity contribution in [2.24, 2.45) is 0 Å². The number of rotatable bonds is 5. The van der Waals surface area contributed by atoms with Crippen molar-refractivity contribution in [2.45, 2.75) is 13.5 Å². The quantitative estimate of drug-likeness (QED) is 0.237. The highest BCUT2D eigenvalue weighted by Crippen LogP contribution is 2.31. The van der Waals surface area contributed by atoms with Crippen LogP contribution in [-0.2, 0) is 16.2 Å². The lowest BCUT2D eigenvalue weighted by atomic mass is 10.1. The van der Waals surface area contributed by atoms with E-state index in [-0.39, 0.29) is 11.5 Å². The summed E-state index contributed by atoms with van der Waals surface area (Å²) >= 11 is 4.43. The molecule has 5 nitrogen and oxygen atoms in total. The SMILES string of the molecule is Cc1cccc(COc2c(I)cc(/C=C3/C(=O)NN(c4ccccc4)C3=O)cc2I)c1. The Morgan fingerprint density at radius 1 is 0.968 bits per heavy atom. The highest BCUT2D eigenvalue weighted by molar-refractivity contribution is 14.1. The molecule has 0 unspecified atom stereocenters. The van der Waals surface area contributed by atoms with Gasteiger partial charge in [0.05, 0.1) is 12.8 Å². The lowest BCUT2D eigenvalue weighted by Crippen LogP contribution is -2.35. The van der Waals surface area contributed by atoms with Crippen LogP contribution in [0.1, 0.15) is 16.7 Å². The van der Waals surface area contributed by atoms with Crippen LogP contribution in [0.4, 0.5) is 5.69 Å². The monoisotopic (exact) mass is 636 g/mol. The van der Waals surface area contributed by atoms with Crippen LogP contribution in [0, 0.1) is 14.1 Å². The van der Waals surface area contributed by atoms with Gasteiger partial charge in [0.1, 0.15) is 17.9 Å². The first-order valence-corrected chi connectivity index (χ1v) is 11.7. The highest BCUT2D eigenvalue weighted by atomic mass is 127. The van der Waals surface area contributed by atoms with E-state index in [9.17, 15) is 9.59 Å². The van der Waals surface area contributed by atoms with Crippen LogP contribution in [0.2, 0.25) is 0 Å². The maximum absolute atomic E-state index is 12.8. The van der Waals surface area contributed by atoms with E-state index >= 15 is 0 Å². The minimum Gasteiger partial charge on any atom is -0.487 e. The molecule has 7 heteroatoms. The van der Waals surface area contributed by atoms with Gasteiger partial charge >= 0.3 is 0 Å². The number of nitrogens with zero attached hydrogens (tertiary/aromatic N) is 1. The van der Waals surface area contributed by atoms with Crippen LogP contribution >= 0.6 is 45.2 Å². The normalized spacial score (nSPS) is 14.8. The Bertz CT molecular complexity index is 1170. The molecule has 0 atom stereocenters. The smallest absolute Gasteiger partial charge is 0.282 e. The van der Waals surface area contributed by atoms with Gasteiger partial charge in [-0.3, -0.25) is 15.0 Å². The Morgan fingerprint density at radius 2 is 1.68 bits per heavy atom. The molecule has 31 heavy (non-hydrogen) atoms. The van der Waals surface area contributed by atoms with E-state index in [1.807, 2.05) is 42.5 Å². The number of amides is 2. The Balaban J connectivity index is 1.56. The van der Waals surface area contributed by atoms with E-state index in [2.05, 4.69) is 69.7 Å². The van der Waals surface area contributed by atoms with Gasteiger partial charge < -0.3 is 4.74 Å². The molecule has 1 saturated heterocycles. The number of aryl methyl sites for hydroxylation is 1. The first-order valence-electron chi connectivity index (χ1n) is 9.52. The molecule has 0 aliphatic carbocycles. The number of nitrogens with one attached hydrogen (secondary N) is 1. The Kier molecular flexibility index (Phi) is 6.61. The van der Waals surface area contributed by atoms with Crippen molar-refractivity contribution in [3.05, 3.63) is 96.1 Å². The number of ether oxygens (including phenoxy) is 1. The van der Waals surface area contributed by atoms with Crippen LogP contribution in [-0.4, -0.2) is 11.8 Å². The Labute approximate surface area is 207 Å². The van der Waals surface area contributed by atoms with Gasteiger partial charge in [0.25, 0.3) is 11.8 Å². The fraction of sp³-hybridized carbons (Fsp3) is 0.0833. The Hall–Kier alpha value is -2.40. The van der Waals surface area contributed by atoms with Crippen molar-refractivity contribution < 1.29 is 14.3 Å². The number of halogens is 2. The number of carbonyl (C=O) groups is 2. The number of para-hydroxylation sites is 1. The summed E-state index contributed by atoms with van der Waals surface area (Å²) in [5, 5.41) is 1.27. The van der Waals surface area contributed by atoms with E-state index in [0.29, 0.717) is 12.3 Å². The Morgan fingerprint density at radius 3 is 2.35 bits per heavy atom. The molecule has 4 rings (SSSR count). The van der Waals surface area contributed by atoms with E-state index in [1.54, 1.807) is 18.2 Å². The molecule has 1 heterocycles. The molecule has 0 aromatic heterocycles. The summed E-state index contributed by atoms with van der Waals surface area (Å²) in [6.45, 7) is 2.53. The maximum Gasteiger partial charge on any atom is 0.282 e. The molecular formula is C24H18I2N2O3. The molecule has 1 aliphatic heterocycles. The predicted molar refractivity (Wildman–Crippen MR) is 137 cm³/mol. The van der Waals surface area contributed by atoms with Crippen molar-refractivity contribution in [3.8, 4) is 5.75 Å². The fourth-order valence-corrected chi connectivity index (χ4v) is 5.37. The molecule has 3 aromatic carbocycles. The minimum atomic E-state index is -0.418. The fourth-order valence-electron chi connectivity index (χ4n) is 3.24. The molecule has 0 bridgehead atoms. The number of hydrogen-bond acceptors (Lipinski definition) is 3. The van der Waals surface area contributed by atoms with E-state index in [1.165, 1.54) is 10.6 Å². The van der Waals surface area contributed by atoms with Crippen LogP contribution in [0.25, 0.3) is 6.08 Å². The number of hydrogen-bond donors (Lipinski definition) is 1. The molecule has 3 aromatic rings. The second-order valence-corrected chi connectivity index (χ2v) is 9.39. The van der Waals surface area contributed by atoms with E-state index in [0.717, 1.165) is 24.0 Å². The third kappa shape index (κ3) is 4.93. The zero-order valence-corrected chi connectivity index (χ0v) is 20.9. The van der Waals surface area contributed by atoms with Gasteiger partial charge in [-0.05, 0) is 93.6 Å². The topological polar surface area (TPSA) is 58.6 Å². The zero-order valence-electron chi connectivity index (χ0n) is 16.6. The van der Waals surface area contributed by atoms with Gasteiger partial charge in [-0.1, -0.05) is 48.0 Å². The molecule has 0 radical (unpaired) electrons. The van der Waals surface area contributed by atoms with Gasteiger partial charge in [0.15, 0.2) is 0 Å². The van der Waals surface area contributed by atoms with E-state index in [4.69, 9.17) is 4.74 Å². The number of carbonyl (C=O) groups excluding carboxylic acids is 2. The van der Waals surface area contributed by atoms with Gasteiger partial charge in [-0.2, -0.15) is 0 Å². The summed E-state index contributed by atoms with van der Waals surface area (Å²) in [7, 11) is 0. The molecule has 2 amide bonds. The average molecular weight is 636 g/mol. The molecule has 0 saturated carbocycles. The van der Waals surface area contributed by atoms with Gasteiger partial charge in [0.2, 0.25) is 0 Å². The lowest BCUT2D eigenvalue weighted by Gasteiger charge is -2.14. The van der Waals surface area contributed by atoms with Crippen LogP contribution < -0.4 is 15.2 Å². The van der Waals surface area contributed by atoms with Crippen molar-refractivity contribution in [3.63, 3.8) is 0 Å². The molecule has 156 valence electrons. The summed E-state index contributed by atoms with van der Waals surface area (Å²) in [6, 6.07) is 21.1. The lowest BCUT2D eigenvalue weighted by molar-refractivity contribution is -0.117. The van der Waals surface area contributed by atoms with Gasteiger partial charge in [-0.15, -0.1) is 0 Å². The van der Waals surface area contributed by atoms with Crippen molar-refractivity contribution in [1.29, 1.82) is 0 Å². The van der Waals surface area contributed by atoms with Crippen molar-refractivity contribution >= 4 is 68.8 Å². The van der Waals surface area contributed by atoms with Crippen LogP contribution in [0.15, 0.2) is 72.3 Å². The highest BCUT2D eigenvalue weighted by Gasteiger charge is 2.34. The summed E-state index contributed by atoms with van der Waals surface area (Å²) in [5.41, 5.74) is 6.41. The summed E-state index contributed by atoms with van der Waals surface area (Å²) < 4.78 is 7.88. The third-order valence-corrected chi connectivity index (χ3v) is 6.31. The van der Waals surface area contributed by atoms with E-state index < -0.39 is 5.91 Å². The van der Waals surface area contributed by atoms with Crippen LogP contribution in [0.5, 0.6) is 5.75 Å². The average Bonchev–Trinajstić information content (AvgIpc) is 3.02. The third-order valence-electron chi connectivity index (χ3n) is 4.70. The first kappa shape index (κ1) is 21.8. The van der Waals surface area contributed by atoms with Gasteiger partial charge in [0, 0.05) is 0 Å². The first-order chi connectivity index (χ1) is 14.9. The number of benzene rings is 3. The second kappa shape index (κ2) is 9.39. The molecular weight excluding hydrogens is 618 g/mol. The predicted octanol–water partition coefficient (Wildman–Crippen LogP) is 5.24. The largest absolute Gasteiger partial charge is 0.487 e. The summed E-state index contributed by atoms with van der Waals surface area (Å²) in [5.74, 6) is -0.00222. The van der Waals surface area contributed by atoms with Crippen molar-refractivity contribution in [2.75, 3.05) is 5.01 Å².